The molecular weight excluding hydrogens is 1590 g/mol. The Morgan fingerprint density at radius 2 is 0.770 bits per heavy atom. The van der Waals surface area contributed by atoms with Crippen molar-refractivity contribution in [1.82, 2.24) is 78.8 Å². The summed E-state index contributed by atoms with van der Waals surface area (Å²) in [6, 6.07) is 3.59. The Hall–Kier alpha value is -4.85. The van der Waals surface area contributed by atoms with Crippen LogP contribution in [-0.2, 0) is 47.8 Å². The first-order valence-electron chi connectivity index (χ1n) is 49.4. The van der Waals surface area contributed by atoms with Gasteiger partial charge in [0, 0.05) is 249 Å². The first kappa shape index (κ1) is 119. The molecule has 10 aliphatic rings. The molecule has 2 unspecified atom stereocenters. The van der Waals surface area contributed by atoms with E-state index in [2.05, 4.69) is 177 Å². The summed E-state index contributed by atoms with van der Waals surface area (Å²) in [7, 11) is 8.40. The van der Waals surface area contributed by atoms with Crippen molar-refractivity contribution in [3.05, 3.63) is 0 Å². The van der Waals surface area contributed by atoms with Crippen LogP contribution in [0.3, 0.4) is 0 Å². The monoisotopic (exact) mass is 1790 g/mol. The minimum atomic E-state index is -0.908. The van der Waals surface area contributed by atoms with Crippen LogP contribution in [0, 0.1) is 41.4 Å². The zero-order valence-electron chi connectivity index (χ0n) is 86.3. The molecule has 0 bridgehead atoms. The average Bonchev–Trinajstić information content (AvgIpc) is 0.858. The van der Waals surface area contributed by atoms with Gasteiger partial charge in [0.25, 0.3) is 0 Å². The number of carboxylic acids is 1. The summed E-state index contributed by atoms with van der Waals surface area (Å²) in [5.41, 5.74) is -0.397. The fourth-order valence-electron chi connectivity index (χ4n) is 16.6. The second kappa shape index (κ2) is 64.9. The number of morpholine rings is 1. The minimum absolute atomic E-state index is 0.0363. The molecule has 0 aliphatic carbocycles. The van der Waals surface area contributed by atoms with Crippen LogP contribution in [0.25, 0.3) is 0 Å². The molecule has 0 aromatic rings. The molecule has 2 atom stereocenters. The zero-order valence-corrected chi connectivity index (χ0v) is 86.3. The number of carbonyl (C=O) groups is 9. The number of nitrogens with one attached hydrogen (secondary N) is 1. The molecule has 0 spiro atoms. The average molecular weight is 1790 g/mol. The predicted molar refractivity (Wildman–Crippen MR) is 517 cm³/mol. The second-order valence-electron chi connectivity index (χ2n) is 40.7. The van der Waals surface area contributed by atoms with Crippen molar-refractivity contribution in [3.63, 3.8) is 0 Å². The zero-order chi connectivity index (χ0) is 95.7. The Morgan fingerprint density at radius 3 is 1.11 bits per heavy atom. The third kappa shape index (κ3) is 52.4. The highest BCUT2D eigenvalue weighted by molar-refractivity contribution is 5.86. The van der Waals surface area contributed by atoms with Crippen molar-refractivity contribution in [3.8, 4) is 0 Å². The van der Waals surface area contributed by atoms with Crippen LogP contribution < -0.4 is 5.32 Å². The molecule has 5 amide bonds. The molecule has 0 aromatic carbocycles. The summed E-state index contributed by atoms with van der Waals surface area (Å²) in [5, 5.41) is 11.6. The number of likely N-dealkylation sites (N-methyl/N-ethyl adjacent to an activating group) is 2. The van der Waals surface area contributed by atoms with Crippen molar-refractivity contribution < 1.29 is 57.7 Å². The van der Waals surface area contributed by atoms with Gasteiger partial charge in [0.1, 0.15) is 17.2 Å². The smallest absolute Gasteiger partial charge is 0.410 e. The Kier molecular flexibility index (Phi) is 61.4. The number of carbonyl (C=O) groups excluding carboxylic acids is 8. The minimum Gasteiger partial charge on any atom is -0.481 e. The summed E-state index contributed by atoms with van der Waals surface area (Å²) in [6.07, 6.45) is 9.99. The maximum atomic E-state index is 11.8. The number of piperidine rings is 4. The number of hydrogen-bond acceptors (Lipinski definition) is 22. The molecule has 126 heavy (non-hydrogen) atoms. The number of carboxylic acid groups (broad SMARTS) is 1. The highest BCUT2D eigenvalue weighted by Gasteiger charge is 2.32. The molecule has 10 heterocycles. The number of Topliss-reactive ketones (excluding diaryl/α,β-unsaturated/α-hetero) is 3. The van der Waals surface area contributed by atoms with Crippen LogP contribution in [0.15, 0.2) is 0 Å². The predicted octanol–water partition coefficient (Wildman–Crippen LogP) is 11.1. The van der Waals surface area contributed by atoms with Gasteiger partial charge in [0.15, 0.2) is 5.78 Å². The lowest BCUT2D eigenvalue weighted by atomic mass is 9.87. The van der Waals surface area contributed by atoms with E-state index >= 15 is 0 Å². The number of likely N-dealkylation sites (tertiary alicyclic amines) is 4. The normalized spacial score (nSPS) is 21.4. The van der Waals surface area contributed by atoms with Gasteiger partial charge in [0.2, 0.25) is 23.6 Å². The van der Waals surface area contributed by atoms with Crippen LogP contribution in [-0.4, -0.2) is 424 Å². The van der Waals surface area contributed by atoms with E-state index in [9.17, 15) is 43.2 Å². The Bertz CT molecular complexity index is 2910. The van der Waals surface area contributed by atoms with E-state index in [4.69, 9.17) is 14.6 Å². The van der Waals surface area contributed by atoms with Crippen molar-refractivity contribution in [1.29, 1.82) is 0 Å². The number of amides is 5. The fourth-order valence-corrected chi connectivity index (χ4v) is 16.6. The lowest BCUT2D eigenvalue weighted by Crippen LogP contribution is -2.51. The standard InChI is InChI=1S/C12H24N2O2.C11H20N2O3.C10H20N2O.C10H22N2.3C10H19NO.2C9H18N2O.C7H15NO/c1-10(2)13-6-8-14(9-7-13)11(15)16-12(3,4)5;1-9(2)12-5-7-13(8-6-12)10(14)3-4-11(15)16;1-8(2)10(13)11-9-4-6-12(3)7-5-9;1-4-11-5-7-12(8-6-11)9-10(2)3;1-8(2)10(12)9-4-6-11(3)7-5-9;1-8(2)10(12)9-5-4-6-11(3)7-9;1-8(2)10(12)9-6-4-5-7-11(9)3;2*1-8(2)10-4-6-11(7-5-10)9(3)12;1-7(2)8-3-5-9-6-4-8/h10H,6-9H2,1-5H3;9H,3-8H2,1-2H3,(H,15,16);8-9H,4-7H2,1-3H3,(H,11,13);10H,4-9H2,1-3H3;3*8-9H,4-7H2,1-3H3;2*8H,4-7H2,1-3H3;7H,3-6H2,1-2H3. The van der Waals surface area contributed by atoms with Gasteiger partial charge in [-0.3, -0.25) is 67.8 Å². The molecule has 0 saturated carbocycles. The van der Waals surface area contributed by atoms with E-state index in [1.165, 1.54) is 58.5 Å². The maximum absolute atomic E-state index is 11.8. The molecule has 28 nitrogen and oxygen atoms in total. The van der Waals surface area contributed by atoms with Crippen LogP contribution in [0.2, 0.25) is 0 Å². The molecule has 0 radical (unpaired) electrons. The summed E-state index contributed by atoms with van der Waals surface area (Å²) in [6.45, 7) is 87.1. The Labute approximate surface area is 770 Å². The fraction of sp³-hybridized carbons (Fsp3) is 0.908. The second-order valence-corrected chi connectivity index (χ2v) is 40.7. The van der Waals surface area contributed by atoms with E-state index in [1.54, 1.807) is 23.6 Å². The van der Waals surface area contributed by atoms with Crippen molar-refractivity contribution in [2.24, 2.45) is 41.4 Å². The number of ketones is 3. The van der Waals surface area contributed by atoms with Gasteiger partial charge in [-0.25, -0.2) is 4.79 Å². The lowest BCUT2D eigenvalue weighted by Gasteiger charge is -2.37. The number of rotatable bonds is 19. The van der Waals surface area contributed by atoms with Crippen LogP contribution in [0.1, 0.15) is 251 Å². The number of ether oxygens (including phenoxy) is 2. The molecule has 10 rings (SSSR count). The summed E-state index contributed by atoms with van der Waals surface area (Å²) >= 11 is 0. The van der Waals surface area contributed by atoms with Gasteiger partial charge < -0.3 is 64.0 Å². The van der Waals surface area contributed by atoms with Gasteiger partial charge >= 0.3 is 12.1 Å². The van der Waals surface area contributed by atoms with E-state index < -0.39 is 11.6 Å². The number of nitrogens with zero attached hydrogens (tertiary/aromatic N) is 15. The van der Waals surface area contributed by atoms with Crippen LogP contribution >= 0.6 is 0 Å². The Morgan fingerprint density at radius 1 is 0.389 bits per heavy atom. The van der Waals surface area contributed by atoms with Crippen molar-refractivity contribution in [2.45, 2.75) is 299 Å². The van der Waals surface area contributed by atoms with E-state index in [0.29, 0.717) is 65.4 Å². The number of aliphatic carboxylic acids is 1. The van der Waals surface area contributed by atoms with Crippen LogP contribution in [0.4, 0.5) is 4.79 Å². The first-order chi connectivity index (χ1) is 59.0. The molecule has 0 aromatic heterocycles. The third-order valence-electron chi connectivity index (χ3n) is 25.5. The maximum Gasteiger partial charge on any atom is 0.410 e. The highest BCUT2D eigenvalue weighted by Crippen LogP contribution is 2.23. The van der Waals surface area contributed by atoms with Crippen molar-refractivity contribution in [2.75, 3.05) is 244 Å². The summed E-state index contributed by atoms with van der Waals surface area (Å²) in [4.78, 5) is 135. The van der Waals surface area contributed by atoms with Gasteiger partial charge in [-0.1, -0.05) is 82.6 Å². The van der Waals surface area contributed by atoms with Crippen molar-refractivity contribution >= 4 is 53.0 Å². The topological polar surface area (TPSA) is 253 Å². The molecule has 738 valence electrons. The van der Waals surface area contributed by atoms with E-state index in [-0.39, 0.29) is 72.3 Å². The molecule has 28 heteroatoms. The largest absolute Gasteiger partial charge is 0.481 e. The van der Waals surface area contributed by atoms with Gasteiger partial charge in [-0.05, 0) is 221 Å². The third-order valence-corrected chi connectivity index (χ3v) is 25.5. The van der Waals surface area contributed by atoms with Gasteiger partial charge in [-0.2, -0.15) is 0 Å². The highest BCUT2D eigenvalue weighted by atomic mass is 16.6. The molecule has 2 N–H and O–H groups in total. The first-order valence-corrected chi connectivity index (χ1v) is 49.4. The van der Waals surface area contributed by atoms with E-state index in [1.807, 2.05) is 86.0 Å². The quantitative estimate of drug-likeness (QED) is 0.122. The SMILES string of the molecule is CC(=O)N1CCN(C(C)C)CC1.CC(=O)N1CCN(C(C)C)CC1.CC(C)C(=O)C1CCCCN1C.CC(C)C(=O)C1CCCN(C)C1.CC(C)C(=O)C1CCN(C)CC1.CC(C)C(=O)NC1CCN(C)CC1.CC(C)N1CCN(C(=O)CCC(=O)O)CC1.CC(C)N1CCN(C(=O)OC(C)(C)C)CC1.CC(C)N1CCOCC1.CCN1CCN(CC(C)C)CC1. The van der Waals surface area contributed by atoms with Crippen LogP contribution in [0.5, 0.6) is 0 Å². The lowest BCUT2D eigenvalue weighted by molar-refractivity contribution is -0.141. The Balaban J connectivity index is 0.000000702. The molecule has 10 fully saturated rings. The number of piperazine rings is 5. The van der Waals surface area contributed by atoms with E-state index in [0.717, 1.165) is 221 Å². The molecule has 10 aliphatic heterocycles. The number of hydrogen-bond donors (Lipinski definition) is 2. The molecule has 10 saturated heterocycles. The molecular formula is C98H194N16O12. The summed E-state index contributed by atoms with van der Waals surface area (Å²) in [5.74, 6) is 3.19. The van der Waals surface area contributed by atoms with Gasteiger partial charge in [-0.15, -0.1) is 0 Å². The summed E-state index contributed by atoms with van der Waals surface area (Å²) < 4.78 is 10.5. The van der Waals surface area contributed by atoms with Gasteiger partial charge in [0.05, 0.1) is 25.7 Å².